The summed E-state index contributed by atoms with van der Waals surface area (Å²) in [6.07, 6.45) is 0.958. The minimum atomic E-state index is -0.295. The number of carbonyl (C=O) groups excluding carboxylic acids is 1. The van der Waals surface area contributed by atoms with Crippen LogP contribution in [0, 0.1) is 5.92 Å². The van der Waals surface area contributed by atoms with Crippen LogP contribution < -0.4 is 4.74 Å². The van der Waals surface area contributed by atoms with Gasteiger partial charge in [0, 0.05) is 0 Å². The zero-order valence-corrected chi connectivity index (χ0v) is 8.95. The Morgan fingerprint density at radius 1 is 1.53 bits per heavy atom. The van der Waals surface area contributed by atoms with Gasteiger partial charge in [-0.15, -0.1) is 0 Å². The van der Waals surface area contributed by atoms with Crippen molar-refractivity contribution in [2.75, 3.05) is 13.7 Å². The number of ether oxygens (including phenoxy) is 2. The quantitative estimate of drug-likeness (QED) is 0.660. The number of hydrogen-bond acceptors (Lipinski definition) is 3. The van der Waals surface area contributed by atoms with E-state index in [4.69, 9.17) is 4.74 Å². The molecule has 1 aromatic carbocycles. The highest BCUT2D eigenvalue weighted by Gasteiger charge is 2.18. The lowest BCUT2D eigenvalue weighted by Gasteiger charge is -2.22. The molecule has 0 saturated heterocycles. The van der Waals surface area contributed by atoms with E-state index in [2.05, 4.69) is 11.7 Å². The average molecular weight is 206 g/mol. The van der Waals surface area contributed by atoms with Crippen LogP contribution >= 0.6 is 0 Å². The molecule has 1 aliphatic rings. The third-order valence-electron chi connectivity index (χ3n) is 2.57. The van der Waals surface area contributed by atoms with Gasteiger partial charge in [0.25, 0.3) is 0 Å². The second-order valence-electron chi connectivity index (χ2n) is 3.93. The van der Waals surface area contributed by atoms with Crippen LogP contribution in [0.25, 0.3) is 0 Å². The molecule has 3 heteroatoms. The first-order valence-electron chi connectivity index (χ1n) is 5.04. The minimum absolute atomic E-state index is 0.295. The monoisotopic (exact) mass is 206 g/mol. The Labute approximate surface area is 89.0 Å². The van der Waals surface area contributed by atoms with Crippen molar-refractivity contribution < 1.29 is 14.3 Å². The summed E-state index contributed by atoms with van der Waals surface area (Å²) in [5.74, 6) is 1.10. The summed E-state index contributed by atoms with van der Waals surface area (Å²) in [5.41, 5.74) is 1.69. The van der Waals surface area contributed by atoms with Crippen molar-refractivity contribution in [3.05, 3.63) is 29.3 Å². The molecule has 15 heavy (non-hydrogen) atoms. The van der Waals surface area contributed by atoms with Gasteiger partial charge in [0.15, 0.2) is 0 Å². The first-order valence-corrected chi connectivity index (χ1v) is 5.04. The molecule has 2 rings (SSSR count). The third kappa shape index (κ3) is 1.96. The van der Waals surface area contributed by atoms with Crippen LogP contribution in [0.2, 0.25) is 0 Å². The number of rotatable bonds is 1. The Balaban J connectivity index is 2.32. The van der Waals surface area contributed by atoms with Gasteiger partial charge in [0.05, 0.1) is 19.3 Å². The van der Waals surface area contributed by atoms with E-state index >= 15 is 0 Å². The zero-order valence-electron chi connectivity index (χ0n) is 8.95. The molecule has 0 fully saturated rings. The van der Waals surface area contributed by atoms with E-state index in [9.17, 15) is 4.79 Å². The second kappa shape index (κ2) is 3.93. The second-order valence-corrected chi connectivity index (χ2v) is 3.93. The molecule has 1 heterocycles. The molecule has 1 aliphatic heterocycles. The lowest BCUT2D eigenvalue weighted by atomic mass is 9.97. The Bertz CT molecular complexity index is 384. The Morgan fingerprint density at radius 3 is 3.07 bits per heavy atom. The maximum Gasteiger partial charge on any atom is 0.337 e. The van der Waals surface area contributed by atoms with E-state index in [-0.39, 0.29) is 5.97 Å². The van der Waals surface area contributed by atoms with E-state index in [1.165, 1.54) is 7.11 Å². The first kappa shape index (κ1) is 10.0. The van der Waals surface area contributed by atoms with E-state index in [0.717, 1.165) is 24.3 Å². The summed E-state index contributed by atoms with van der Waals surface area (Å²) < 4.78 is 10.2. The highest BCUT2D eigenvalue weighted by atomic mass is 16.5. The van der Waals surface area contributed by atoms with Crippen LogP contribution in [0.4, 0.5) is 0 Å². The minimum Gasteiger partial charge on any atom is -0.493 e. The Morgan fingerprint density at radius 2 is 2.33 bits per heavy atom. The summed E-state index contributed by atoms with van der Waals surface area (Å²) in [5, 5.41) is 0. The smallest absolute Gasteiger partial charge is 0.337 e. The summed E-state index contributed by atoms with van der Waals surface area (Å²) >= 11 is 0. The van der Waals surface area contributed by atoms with Crippen molar-refractivity contribution in [3.8, 4) is 5.75 Å². The van der Waals surface area contributed by atoms with Gasteiger partial charge in [-0.25, -0.2) is 4.79 Å². The highest BCUT2D eigenvalue weighted by Crippen LogP contribution is 2.28. The van der Waals surface area contributed by atoms with Crippen LogP contribution in [-0.4, -0.2) is 19.7 Å². The predicted octanol–water partition coefficient (Wildman–Crippen LogP) is 2.04. The van der Waals surface area contributed by atoms with Gasteiger partial charge in [-0.05, 0) is 36.1 Å². The molecule has 0 aliphatic carbocycles. The lowest BCUT2D eigenvalue weighted by molar-refractivity contribution is 0.0600. The van der Waals surface area contributed by atoms with E-state index in [1.54, 1.807) is 6.07 Å². The molecule has 1 unspecified atom stereocenters. The molecular formula is C12H14O3. The van der Waals surface area contributed by atoms with Crippen LogP contribution in [-0.2, 0) is 11.2 Å². The molecule has 0 N–H and O–H groups in total. The summed E-state index contributed by atoms with van der Waals surface area (Å²) in [6, 6.07) is 5.44. The maximum atomic E-state index is 11.3. The van der Waals surface area contributed by atoms with E-state index in [0.29, 0.717) is 11.5 Å². The molecule has 0 radical (unpaired) electrons. The van der Waals surface area contributed by atoms with Crippen molar-refractivity contribution in [2.45, 2.75) is 13.3 Å². The largest absolute Gasteiger partial charge is 0.493 e. The molecule has 1 aromatic rings. The fourth-order valence-corrected chi connectivity index (χ4v) is 1.79. The maximum absolute atomic E-state index is 11.3. The van der Waals surface area contributed by atoms with E-state index in [1.807, 2.05) is 12.1 Å². The van der Waals surface area contributed by atoms with Gasteiger partial charge in [-0.1, -0.05) is 6.92 Å². The SMILES string of the molecule is COC(=O)c1ccc2c(c1)CC(C)CO2. The fourth-order valence-electron chi connectivity index (χ4n) is 1.79. The standard InChI is InChI=1S/C12H14O3/c1-8-5-10-6-9(12(13)14-2)3-4-11(10)15-7-8/h3-4,6,8H,5,7H2,1-2H3. The lowest BCUT2D eigenvalue weighted by Crippen LogP contribution is -2.18. The Kier molecular flexibility index (Phi) is 2.62. The van der Waals surface area contributed by atoms with Crippen molar-refractivity contribution >= 4 is 5.97 Å². The van der Waals surface area contributed by atoms with Crippen molar-refractivity contribution in [1.82, 2.24) is 0 Å². The highest BCUT2D eigenvalue weighted by molar-refractivity contribution is 5.89. The average Bonchev–Trinajstić information content (AvgIpc) is 2.27. The van der Waals surface area contributed by atoms with Crippen LogP contribution in [0.15, 0.2) is 18.2 Å². The number of fused-ring (bicyclic) bond motifs is 1. The van der Waals surface area contributed by atoms with Crippen molar-refractivity contribution in [3.63, 3.8) is 0 Å². The molecule has 0 saturated carbocycles. The Hall–Kier alpha value is -1.51. The molecule has 0 amide bonds. The zero-order chi connectivity index (χ0) is 10.8. The predicted molar refractivity (Wildman–Crippen MR) is 56.1 cm³/mol. The summed E-state index contributed by atoms with van der Waals surface area (Å²) in [6.45, 7) is 2.89. The topological polar surface area (TPSA) is 35.5 Å². The molecule has 1 atom stereocenters. The number of esters is 1. The number of methoxy groups -OCH3 is 1. The van der Waals surface area contributed by atoms with Gasteiger partial charge in [-0.2, -0.15) is 0 Å². The van der Waals surface area contributed by atoms with E-state index < -0.39 is 0 Å². The fraction of sp³-hybridized carbons (Fsp3) is 0.417. The first-order chi connectivity index (χ1) is 7.20. The van der Waals surface area contributed by atoms with Gasteiger partial charge in [0.1, 0.15) is 5.75 Å². The molecule has 0 aromatic heterocycles. The number of hydrogen-bond donors (Lipinski definition) is 0. The third-order valence-corrected chi connectivity index (χ3v) is 2.57. The number of benzene rings is 1. The van der Waals surface area contributed by atoms with Gasteiger partial charge >= 0.3 is 5.97 Å². The number of carbonyl (C=O) groups is 1. The molecular weight excluding hydrogens is 192 g/mol. The molecule has 80 valence electrons. The van der Waals surface area contributed by atoms with Crippen LogP contribution in [0.1, 0.15) is 22.8 Å². The van der Waals surface area contributed by atoms with Gasteiger partial charge in [0.2, 0.25) is 0 Å². The van der Waals surface area contributed by atoms with Crippen LogP contribution in [0.5, 0.6) is 5.75 Å². The van der Waals surface area contributed by atoms with Crippen LogP contribution in [0.3, 0.4) is 0 Å². The molecule has 0 bridgehead atoms. The normalized spacial score (nSPS) is 18.9. The molecule has 3 nitrogen and oxygen atoms in total. The van der Waals surface area contributed by atoms with Gasteiger partial charge < -0.3 is 9.47 Å². The summed E-state index contributed by atoms with van der Waals surface area (Å²) in [4.78, 5) is 11.3. The summed E-state index contributed by atoms with van der Waals surface area (Å²) in [7, 11) is 1.39. The van der Waals surface area contributed by atoms with Gasteiger partial charge in [-0.3, -0.25) is 0 Å². The van der Waals surface area contributed by atoms with Crippen molar-refractivity contribution in [2.24, 2.45) is 5.92 Å². The molecule has 0 spiro atoms. The van der Waals surface area contributed by atoms with Crippen molar-refractivity contribution in [1.29, 1.82) is 0 Å².